The Kier molecular flexibility index (Phi) is 7.23. The minimum absolute atomic E-state index is 0.556. The van der Waals surface area contributed by atoms with Crippen molar-refractivity contribution in [3.8, 4) is 5.75 Å². The average Bonchev–Trinajstić information content (AvgIpc) is 2.55. The third-order valence-electron chi connectivity index (χ3n) is 4.67. The lowest BCUT2D eigenvalue weighted by atomic mass is 10.1. The summed E-state index contributed by atoms with van der Waals surface area (Å²) in [5, 5.41) is 11.3. The maximum absolute atomic E-state index is 13.0. The molecule has 1 rings (SSSR count). The average molecular weight is 328 g/mol. The number of alkyl halides is 2. The van der Waals surface area contributed by atoms with E-state index < -0.39 is 20.6 Å². The van der Waals surface area contributed by atoms with Crippen LogP contribution in [0.1, 0.15) is 32.4 Å². The molecule has 0 fully saturated rings. The number of aliphatic hydroxyl groups excluding tert-OH is 1. The Balaban J connectivity index is 3.26. The van der Waals surface area contributed by atoms with Crippen LogP contribution in [0, 0.1) is 0 Å². The van der Waals surface area contributed by atoms with Gasteiger partial charge in [0.2, 0.25) is 0 Å². The molecule has 124 valence electrons. The summed E-state index contributed by atoms with van der Waals surface area (Å²) in [6.07, 6.45) is -2.52. The van der Waals surface area contributed by atoms with Gasteiger partial charge in [-0.2, -0.15) is 0 Å². The molecule has 0 aliphatic carbocycles. The van der Waals surface area contributed by atoms with E-state index in [2.05, 4.69) is 0 Å². The predicted octanol–water partition coefficient (Wildman–Crippen LogP) is 4.97. The van der Waals surface area contributed by atoms with Crippen molar-refractivity contribution in [2.75, 3.05) is 7.11 Å². The SMILES string of the molecule is CC[Si](CC)(CC)/C(=C/C(F)F)C(O)c1ccc(OC)cc1. The number of ether oxygens (including phenoxy) is 1. The Morgan fingerprint density at radius 1 is 1.14 bits per heavy atom. The van der Waals surface area contributed by atoms with Gasteiger partial charge in [-0.25, -0.2) is 8.78 Å². The van der Waals surface area contributed by atoms with Crippen LogP contribution in [0.3, 0.4) is 0 Å². The fourth-order valence-electron chi connectivity index (χ4n) is 3.02. The van der Waals surface area contributed by atoms with Crippen molar-refractivity contribution < 1.29 is 18.6 Å². The van der Waals surface area contributed by atoms with E-state index in [-0.39, 0.29) is 0 Å². The topological polar surface area (TPSA) is 29.5 Å². The Morgan fingerprint density at radius 3 is 2.00 bits per heavy atom. The van der Waals surface area contributed by atoms with E-state index >= 15 is 0 Å². The number of hydrogen-bond donors (Lipinski definition) is 1. The summed E-state index contributed by atoms with van der Waals surface area (Å²) < 4.78 is 31.2. The van der Waals surface area contributed by atoms with Gasteiger partial charge in [0.1, 0.15) is 5.75 Å². The molecule has 0 bridgehead atoms. The molecule has 0 saturated heterocycles. The standard InChI is InChI=1S/C17H26F2O2Si/c1-5-22(6-2,7-3)15(12-16(18)19)17(20)13-8-10-14(21-4)11-9-13/h8-12,16-17,20H,5-7H2,1-4H3/b15-12+. The molecule has 1 aromatic rings. The van der Waals surface area contributed by atoms with Gasteiger partial charge in [-0.05, 0) is 29.0 Å². The lowest BCUT2D eigenvalue weighted by molar-refractivity contribution is 0.191. The molecule has 0 aliphatic rings. The molecule has 1 unspecified atom stereocenters. The van der Waals surface area contributed by atoms with Gasteiger partial charge < -0.3 is 9.84 Å². The van der Waals surface area contributed by atoms with Gasteiger partial charge in [-0.3, -0.25) is 0 Å². The number of methoxy groups -OCH3 is 1. The normalized spacial score (nSPS) is 14.3. The van der Waals surface area contributed by atoms with Crippen LogP contribution in [0.25, 0.3) is 0 Å². The summed E-state index contributed by atoms with van der Waals surface area (Å²) in [6, 6.07) is 9.52. The summed E-state index contributed by atoms with van der Waals surface area (Å²) in [7, 11) is -0.511. The number of benzene rings is 1. The molecule has 0 saturated carbocycles. The van der Waals surface area contributed by atoms with Crippen molar-refractivity contribution in [1.29, 1.82) is 0 Å². The van der Waals surface area contributed by atoms with Crippen LogP contribution >= 0.6 is 0 Å². The van der Waals surface area contributed by atoms with E-state index in [0.29, 0.717) is 16.5 Å². The summed E-state index contributed by atoms with van der Waals surface area (Å²) in [5.41, 5.74) is 0.639. The van der Waals surface area contributed by atoms with Crippen LogP contribution in [0.5, 0.6) is 5.75 Å². The second-order valence-electron chi connectivity index (χ2n) is 5.47. The van der Waals surface area contributed by atoms with E-state index in [1.807, 2.05) is 20.8 Å². The lowest BCUT2D eigenvalue weighted by Crippen LogP contribution is -2.38. The van der Waals surface area contributed by atoms with Crippen molar-refractivity contribution in [3.63, 3.8) is 0 Å². The number of hydrogen-bond acceptors (Lipinski definition) is 2. The summed E-state index contributed by atoms with van der Waals surface area (Å²) >= 11 is 0. The van der Waals surface area contributed by atoms with Crippen LogP contribution in [-0.2, 0) is 0 Å². The van der Waals surface area contributed by atoms with Gasteiger partial charge in [0.05, 0.1) is 21.3 Å². The van der Waals surface area contributed by atoms with Gasteiger partial charge in [-0.15, -0.1) is 0 Å². The van der Waals surface area contributed by atoms with Crippen LogP contribution in [0.2, 0.25) is 18.1 Å². The number of halogens is 2. The quantitative estimate of drug-likeness (QED) is 0.683. The van der Waals surface area contributed by atoms with E-state index in [1.165, 1.54) is 0 Å². The zero-order valence-electron chi connectivity index (χ0n) is 13.8. The maximum atomic E-state index is 13.0. The third kappa shape index (κ3) is 4.17. The number of rotatable bonds is 8. The first-order chi connectivity index (χ1) is 10.4. The van der Waals surface area contributed by atoms with E-state index in [0.717, 1.165) is 24.2 Å². The van der Waals surface area contributed by atoms with Crippen molar-refractivity contribution in [1.82, 2.24) is 0 Å². The molecule has 0 amide bonds. The van der Waals surface area contributed by atoms with Crippen LogP contribution < -0.4 is 4.74 Å². The van der Waals surface area contributed by atoms with Crippen molar-refractivity contribution >= 4 is 8.07 Å². The monoisotopic (exact) mass is 328 g/mol. The molecule has 1 atom stereocenters. The zero-order chi connectivity index (χ0) is 16.8. The first-order valence-corrected chi connectivity index (χ1v) is 10.4. The molecule has 0 aromatic heterocycles. The Morgan fingerprint density at radius 2 is 1.64 bits per heavy atom. The minimum Gasteiger partial charge on any atom is -0.497 e. The van der Waals surface area contributed by atoms with Gasteiger partial charge in [0.25, 0.3) is 6.43 Å². The second-order valence-corrected chi connectivity index (χ2v) is 10.7. The molecule has 0 spiro atoms. The molecule has 5 heteroatoms. The largest absolute Gasteiger partial charge is 0.497 e. The first kappa shape index (κ1) is 18.8. The lowest BCUT2D eigenvalue weighted by Gasteiger charge is -2.34. The highest BCUT2D eigenvalue weighted by atomic mass is 28.3. The third-order valence-corrected chi connectivity index (χ3v) is 10.4. The Labute approximate surface area is 132 Å². The molecule has 1 N–H and O–H groups in total. The molecular formula is C17H26F2O2Si. The van der Waals surface area contributed by atoms with Crippen molar-refractivity contribution in [3.05, 3.63) is 41.1 Å². The predicted molar refractivity (Wildman–Crippen MR) is 89.2 cm³/mol. The van der Waals surface area contributed by atoms with E-state index in [1.54, 1.807) is 31.4 Å². The first-order valence-electron chi connectivity index (χ1n) is 7.76. The number of allylic oxidation sites excluding steroid dienone is 1. The molecule has 0 radical (unpaired) electrons. The molecule has 1 aromatic carbocycles. The Hall–Kier alpha value is -1.20. The molecule has 2 nitrogen and oxygen atoms in total. The van der Waals surface area contributed by atoms with Gasteiger partial charge in [0, 0.05) is 0 Å². The molecule has 0 aliphatic heterocycles. The smallest absolute Gasteiger partial charge is 0.257 e. The van der Waals surface area contributed by atoms with Crippen molar-refractivity contribution in [2.24, 2.45) is 0 Å². The van der Waals surface area contributed by atoms with Gasteiger partial charge >= 0.3 is 0 Å². The summed E-state index contributed by atoms with van der Waals surface area (Å²) in [5.74, 6) is 0.681. The second kappa shape index (κ2) is 8.43. The summed E-state index contributed by atoms with van der Waals surface area (Å²) in [6.45, 7) is 6.12. The highest BCUT2D eigenvalue weighted by molar-refractivity contribution is 6.86. The molecule has 22 heavy (non-hydrogen) atoms. The number of aliphatic hydroxyl groups is 1. The fraction of sp³-hybridized carbons (Fsp3) is 0.529. The van der Waals surface area contributed by atoms with Crippen LogP contribution in [-0.4, -0.2) is 26.7 Å². The van der Waals surface area contributed by atoms with Gasteiger partial charge in [0.15, 0.2) is 0 Å². The fourth-order valence-corrected chi connectivity index (χ4v) is 6.97. The van der Waals surface area contributed by atoms with E-state index in [4.69, 9.17) is 4.74 Å². The highest BCUT2D eigenvalue weighted by Gasteiger charge is 2.36. The van der Waals surface area contributed by atoms with E-state index in [9.17, 15) is 13.9 Å². The molecular weight excluding hydrogens is 302 g/mol. The Bertz CT molecular complexity index is 474. The van der Waals surface area contributed by atoms with Crippen LogP contribution in [0.4, 0.5) is 8.78 Å². The minimum atomic E-state index is -2.54. The summed E-state index contributed by atoms with van der Waals surface area (Å²) in [4.78, 5) is 0. The van der Waals surface area contributed by atoms with Gasteiger partial charge in [-0.1, -0.05) is 51.0 Å². The molecule has 0 heterocycles. The van der Waals surface area contributed by atoms with Crippen molar-refractivity contribution in [2.45, 2.75) is 51.4 Å². The zero-order valence-corrected chi connectivity index (χ0v) is 14.8. The maximum Gasteiger partial charge on any atom is 0.257 e. The van der Waals surface area contributed by atoms with Crippen LogP contribution in [0.15, 0.2) is 35.5 Å². The highest BCUT2D eigenvalue weighted by Crippen LogP contribution is 2.37.